The Labute approximate surface area is 185 Å². The quantitative estimate of drug-likeness (QED) is 0.635. The van der Waals surface area contributed by atoms with E-state index in [9.17, 15) is 17.6 Å². The van der Waals surface area contributed by atoms with Gasteiger partial charge in [-0.05, 0) is 49.7 Å². The summed E-state index contributed by atoms with van der Waals surface area (Å²) in [6.45, 7) is 4.63. The van der Waals surface area contributed by atoms with Gasteiger partial charge in [0.2, 0.25) is 10.0 Å². The molecule has 2 heterocycles. The highest BCUT2D eigenvalue weighted by molar-refractivity contribution is 7.89. The molecule has 0 saturated carbocycles. The molecule has 3 aromatic rings. The van der Waals surface area contributed by atoms with Gasteiger partial charge < -0.3 is 14.6 Å². The molecule has 4 rings (SSSR count). The largest absolute Gasteiger partial charge is 0.379 e. The Hall–Kier alpha value is -3.08. The van der Waals surface area contributed by atoms with E-state index in [4.69, 9.17) is 4.74 Å². The van der Waals surface area contributed by atoms with Gasteiger partial charge in [-0.15, -0.1) is 0 Å². The number of aryl methyl sites for hydroxylation is 2. The zero-order valence-corrected chi connectivity index (χ0v) is 18.5. The van der Waals surface area contributed by atoms with Crippen molar-refractivity contribution in [3.63, 3.8) is 0 Å². The first-order valence-electron chi connectivity index (χ1n) is 10.1. The second-order valence-corrected chi connectivity index (χ2v) is 9.37. The first kappa shape index (κ1) is 22.1. The van der Waals surface area contributed by atoms with Gasteiger partial charge in [-0.2, -0.15) is 4.31 Å². The zero-order valence-electron chi connectivity index (χ0n) is 17.7. The molecule has 10 heteroatoms. The lowest BCUT2D eigenvalue weighted by molar-refractivity contribution is 0.0730. The topological polar surface area (TPSA) is 93.5 Å². The van der Waals surface area contributed by atoms with E-state index < -0.39 is 21.7 Å². The number of halogens is 1. The summed E-state index contributed by atoms with van der Waals surface area (Å²) in [4.78, 5) is 16.9. The fourth-order valence-electron chi connectivity index (χ4n) is 3.56. The predicted octanol–water partition coefficient (Wildman–Crippen LogP) is 2.90. The fraction of sp³-hybridized carbons (Fsp3) is 0.273. The van der Waals surface area contributed by atoms with Crippen LogP contribution in [0.1, 0.15) is 21.7 Å². The van der Waals surface area contributed by atoms with Crippen molar-refractivity contribution in [1.29, 1.82) is 0 Å². The van der Waals surface area contributed by atoms with Gasteiger partial charge >= 0.3 is 0 Å². The number of carbonyl (C=O) groups excluding carboxylic acids is 1. The number of imidazole rings is 1. The van der Waals surface area contributed by atoms with Crippen LogP contribution in [0, 0.1) is 19.7 Å². The Morgan fingerprint density at radius 2 is 1.88 bits per heavy atom. The van der Waals surface area contributed by atoms with Gasteiger partial charge in [0.15, 0.2) is 0 Å². The van der Waals surface area contributed by atoms with E-state index in [1.165, 1.54) is 16.4 Å². The molecule has 0 radical (unpaired) electrons. The van der Waals surface area contributed by atoms with Gasteiger partial charge in [-0.1, -0.05) is 6.07 Å². The lowest BCUT2D eigenvalue weighted by Gasteiger charge is -2.26. The van der Waals surface area contributed by atoms with Gasteiger partial charge in [-0.25, -0.2) is 17.8 Å². The van der Waals surface area contributed by atoms with Crippen LogP contribution in [0.5, 0.6) is 0 Å². The molecule has 1 N–H and O–H groups in total. The third-order valence-electron chi connectivity index (χ3n) is 5.33. The smallest absolute Gasteiger partial charge is 0.255 e. The van der Waals surface area contributed by atoms with Crippen molar-refractivity contribution < 1.29 is 22.3 Å². The summed E-state index contributed by atoms with van der Waals surface area (Å²) in [7, 11) is -3.76. The van der Waals surface area contributed by atoms with E-state index in [-0.39, 0.29) is 29.2 Å². The molecule has 1 saturated heterocycles. The maximum Gasteiger partial charge on any atom is 0.255 e. The first-order chi connectivity index (χ1) is 15.3. The second kappa shape index (κ2) is 8.81. The number of carbonyl (C=O) groups is 1. The number of ether oxygens (including phenoxy) is 1. The molecule has 0 aliphatic carbocycles. The first-order valence-corrected chi connectivity index (χ1v) is 11.5. The average molecular weight is 459 g/mol. The van der Waals surface area contributed by atoms with Crippen molar-refractivity contribution in [2.75, 3.05) is 31.6 Å². The Kier molecular flexibility index (Phi) is 6.09. The summed E-state index contributed by atoms with van der Waals surface area (Å²) < 4.78 is 48.9. The monoisotopic (exact) mass is 458 g/mol. The lowest BCUT2D eigenvalue weighted by Crippen LogP contribution is -2.40. The molecule has 2 aromatic carbocycles. The number of nitrogens with one attached hydrogen (secondary N) is 1. The Morgan fingerprint density at radius 3 is 2.53 bits per heavy atom. The van der Waals surface area contributed by atoms with Crippen LogP contribution < -0.4 is 5.32 Å². The lowest BCUT2D eigenvalue weighted by atomic mass is 10.1. The molecule has 1 fully saturated rings. The third-order valence-corrected chi connectivity index (χ3v) is 7.37. The molecule has 1 aromatic heterocycles. The van der Waals surface area contributed by atoms with Crippen LogP contribution in [0.4, 0.5) is 10.1 Å². The van der Waals surface area contributed by atoms with Gasteiger partial charge in [0.1, 0.15) is 11.6 Å². The molecule has 168 valence electrons. The van der Waals surface area contributed by atoms with E-state index in [0.717, 1.165) is 0 Å². The molecular weight excluding hydrogens is 435 g/mol. The Balaban J connectivity index is 1.57. The van der Waals surface area contributed by atoms with Crippen LogP contribution in [0.25, 0.3) is 5.69 Å². The van der Waals surface area contributed by atoms with E-state index in [2.05, 4.69) is 10.3 Å². The number of anilines is 1. The van der Waals surface area contributed by atoms with E-state index in [1.807, 2.05) is 0 Å². The molecule has 1 aliphatic rings. The number of amides is 1. The number of morpholine rings is 1. The minimum Gasteiger partial charge on any atom is -0.379 e. The molecule has 0 atom stereocenters. The van der Waals surface area contributed by atoms with Crippen molar-refractivity contribution in [2.24, 2.45) is 0 Å². The summed E-state index contributed by atoms with van der Waals surface area (Å²) in [6, 6.07) is 8.83. The molecule has 8 nitrogen and oxygen atoms in total. The maximum absolute atomic E-state index is 14.6. The highest BCUT2D eigenvalue weighted by atomic mass is 32.2. The normalized spacial score (nSPS) is 15.0. The summed E-state index contributed by atoms with van der Waals surface area (Å²) in [5.74, 6) is -0.424. The maximum atomic E-state index is 14.6. The van der Waals surface area contributed by atoms with Crippen LogP contribution in [0.3, 0.4) is 0 Å². The number of sulfonamides is 1. The number of aromatic nitrogens is 2. The second-order valence-electron chi connectivity index (χ2n) is 7.46. The minimum atomic E-state index is -3.76. The van der Waals surface area contributed by atoms with Crippen LogP contribution in [0.15, 0.2) is 53.7 Å². The van der Waals surface area contributed by atoms with Crippen LogP contribution in [-0.2, 0) is 14.8 Å². The molecule has 1 aliphatic heterocycles. The van der Waals surface area contributed by atoms with Crippen molar-refractivity contribution in [1.82, 2.24) is 13.9 Å². The summed E-state index contributed by atoms with van der Waals surface area (Å²) >= 11 is 0. The zero-order chi connectivity index (χ0) is 22.9. The van der Waals surface area contributed by atoms with Gasteiger partial charge in [0.05, 0.1) is 23.8 Å². The van der Waals surface area contributed by atoms with Gasteiger partial charge in [0, 0.05) is 36.7 Å². The third kappa shape index (κ3) is 4.29. The van der Waals surface area contributed by atoms with Crippen molar-refractivity contribution in [3.05, 3.63) is 71.6 Å². The van der Waals surface area contributed by atoms with Crippen LogP contribution >= 0.6 is 0 Å². The molecular formula is C22H23FN4O4S. The summed E-state index contributed by atoms with van der Waals surface area (Å²) in [6.07, 6.45) is 3.22. The summed E-state index contributed by atoms with van der Waals surface area (Å²) in [5, 5.41) is 2.63. The molecule has 0 spiro atoms. The van der Waals surface area contributed by atoms with E-state index in [1.54, 1.807) is 55.1 Å². The predicted molar refractivity (Wildman–Crippen MR) is 117 cm³/mol. The molecule has 0 unspecified atom stereocenters. The number of rotatable bonds is 5. The fourth-order valence-corrected chi connectivity index (χ4v) is 5.22. The molecule has 32 heavy (non-hydrogen) atoms. The highest BCUT2D eigenvalue weighted by Gasteiger charge is 2.28. The molecule has 0 bridgehead atoms. The van der Waals surface area contributed by atoms with Crippen LogP contribution in [-0.4, -0.2) is 54.5 Å². The average Bonchev–Trinajstić information content (AvgIpc) is 3.20. The van der Waals surface area contributed by atoms with Crippen LogP contribution in [0.2, 0.25) is 0 Å². The van der Waals surface area contributed by atoms with Crippen molar-refractivity contribution >= 4 is 21.6 Å². The number of benzene rings is 2. The molecule has 1 amide bonds. The van der Waals surface area contributed by atoms with E-state index in [0.29, 0.717) is 30.3 Å². The van der Waals surface area contributed by atoms with Gasteiger partial charge in [-0.3, -0.25) is 4.79 Å². The summed E-state index contributed by atoms with van der Waals surface area (Å²) in [5.41, 5.74) is 1.27. The standard InChI is InChI=1S/C22H23FN4O4S/c1-15-3-4-17(13-21(15)32(29,30)26-9-11-31-12-10-26)22(28)25-18-5-6-20(19(23)14-18)27-8-7-24-16(27)2/h3-8,13-14H,9-12H2,1-2H3,(H,25,28). The minimum absolute atomic E-state index is 0.0733. The number of hydrogen-bond donors (Lipinski definition) is 1. The van der Waals surface area contributed by atoms with Crippen molar-refractivity contribution in [3.8, 4) is 5.69 Å². The van der Waals surface area contributed by atoms with Crippen molar-refractivity contribution in [2.45, 2.75) is 18.7 Å². The van der Waals surface area contributed by atoms with E-state index >= 15 is 0 Å². The number of hydrogen-bond acceptors (Lipinski definition) is 5. The Bertz CT molecular complexity index is 1270. The highest BCUT2D eigenvalue weighted by Crippen LogP contribution is 2.24. The Morgan fingerprint density at radius 1 is 1.12 bits per heavy atom. The van der Waals surface area contributed by atoms with Gasteiger partial charge in [0.25, 0.3) is 5.91 Å². The SMILES string of the molecule is Cc1ccc(C(=O)Nc2ccc(-n3ccnc3C)c(F)c2)cc1S(=O)(=O)N1CCOCC1. The number of nitrogens with zero attached hydrogens (tertiary/aromatic N) is 3.